The standard InChI is InChI=1S/C21H17F2N5O/c22-15-3-1-14(2-4-15)19-18(20-24-9-10-25-20)13-27-21(28-19)26-11-12-29-17-7-5-16(23)6-8-17/h1-10,13H,11-12H2,(H,24,25)(H,26,27,28). The molecule has 0 aliphatic carbocycles. The highest BCUT2D eigenvalue weighted by atomic mass is 19.1. The maximum absolute atomic E-state index is 13.3. The van der Waals surface area contributed by atoms with Crippen LogP contribution in [0.1, 0.15) is 0 Å². The summed E-state index contributed by atoms with van der Waals surface area (Å²) in [5, 5.41) is 3.09. The summed E-state index contributed by atoms with van der Waals surface area (Å²) in [7, 11) is 0. The van der Waals surface area contributed by atoms with Crippen molar-refractivity contribution in [2.75, 3.05) is 18.5 Å². The van der Waals surface area contributed by atoms with Crippen LogP contribution in [0.4, 0.5) is 14.7 Å². The van der Waals surface area contributed by atoms with Gasteiger partial charge in [0.15, 0.2) is 0 Å². The average Bonchev–Trinajstić information content (AvgIpc) is 3.28. The van der Waals surface area contributed by atoms with Crippen molar-refractivity contribution in [2.24, 2.45) is 0 Å². The first-order chi connectivity index (χ1) is 14.2. The normalized spacial score (nSPS) is 10.7. The molecule has 0 aliphatic rings. The van der Waals surface area contributed by atoms with Crippen molar-refractivity contribution in [3.05, 3.63) is 78.8 Å². The number of anilines is 1. The van der Waals surface area contributed by atoms with Gasteiger partial charge in [0.25, 0.3) is 0 Å². The third kappa shape index (κ3) is 4.55. The highest BCUT2D eigenvalue weighted by Gasteiger charge is 2.13. The monoisotopic (exact) mass is 393 g/mol. The molecule has 0 saturated heterocycles. The maximum Gasteiger partial charge on any atom is 0.223 e. The average molecular weight is 393 g/mol. The van der Waals surface area contributed by atoms with Crippen LogP contribution in [0.3, 0.4) is 0 Å². The quantitative estimate of drug-likeness (QED) is 0.458. The van der Waals surface area contributed by atoms with Gasteiger partial charge >= 0.3 is 0 Å². The van der Waals surface area contributed by atoms with E-state index in [0.717, 1.165) is 5.56 Å². The third-order valence-electron chi connectivity index (χ3n) is 4.13. The summed E-state index contributed by atoms with van der Waals surface area (Å²) in [5.74, 6) is 0.972. The second kappa shape index (κ2) is 8.47. The molecule has 0 unspecified atom stereocenters. The Morgan fingerprint density at radius 3 is 2.34 bits per heavy atom. The van der Waals surface area contributed by atoms with Gasteiger partial charge in [0.05, 0.1) is 17.8 Å². The van der Waals surface area contributed by atoms with Gasteiger partial charge in [-0.1, -0.05) is 0 Å². The molecule has 0 radical (unpaired) electrons. The Morgan fingerprint density at radius 2 is 1.66 bits per heavy atom. The molecule has 2 N–H and O–H groups in total. The number of hydrogen-bond acceptors (Lipinski definition) is 5. The van der Waals surface area contributed by atoms with Crippen molar-refractivity contribution in [2.45, 2.75) is 0 Å². The van der Waals surface area contributed by atoms with Gasteiger partial charge in [-0.3, -0.25) is 0 Å². The van der Waals surface area contributed by atoms with E-state index in [9.17, 15) is 8.78 Å². The number of nitrogens with zero attached hydrogens (tertiary/aromatic N) is 3. The Hall–Kier alpha value is -3.81. The molecule has 4 aromatic rings. The predicted octanol–water partition coefficient (Wildman–Crippen LogP) is 4.30. The minimum absolute atomic E-state index is 0.311. The minimum atomic E-state index is -0.321. The van der Waals surface area contributed by atoms with E-state index in [-0.39, 0.29) is 11.6 Å². The third-order valence-corrected chi connectivity index (χ3v) is 4.13. The van der Waals surface area contributed by atoms with Gasteiger partial charge in [0, 0.05) is 24.2 Å². The zero-order valence-corrected chi connectivity index (χ0v) is 15.3. The van der Waals surface area contributed by atoms with Crippen molar-refractivity contribution >= 4 is 5.95 Å². The molecule has 2 heterocycles. The van der Waals surface area contributed by atoms with Gasteiger partial charge in [-0.15, -0.1) is 0 Å². The van der Waals surface area contributed by atoms with Crippen molar-refractivity contribution in [1.29, 1.82) is 0 Å². The molecular formula is C21H17F2N5O. The molecule has 146 valence electrons. The van der Waals surface area contributed by atoms with Crippen molar-refractivity contribution in [1.82, 2.24) is 19.9 Å². The van der Waals surface area contributed by atoms with Gasteiger partial charge in [-0.25, -0.2) is 23.7 Å². The minimum Gasteiger partial charge on any atom is -0.492 e. The molecule has 0 saturated carbocycles. The van der Waals surface area contributed by atoms with E-state index in [0.29, 0.717) is 41.9 Å². The highest BCUT2D eigenvalue weighted by Crippen LogP contribution is 2.28. The molecule has 0 amide bonds. The van der Waals surface area contributed by atoms with Crippen LogP contribution in [-0.2, 0) is 0 Å². The summed E-state index contributed by atoms with van der Waals surface area (Å²) < 4.78 is 31.8. The zero-order chi connectivity index (χ0) is 20.1. The number of benzene rings is 2. The number of aromatic amines is 1. The lowest BCUT2D eigenvalue weighted by molar-refractivity contribution is 0.332. The molecule has 0 fully saturated rings. The van der Waals surface area contributed by atoms with Crippen molar-refractivity contribution in [3.63, 3.8) is 0 Å². The Bertz CT molecular complexity index is 1070. The van der Waals surface area contributed by atoms with Gasteiger partial charge in [-0.05, 0) is 48.5 Å². The molecule has 0 aliphatic heterocycles. The van der Waals surface area contributed by atoms with E-state index in [1.54, 1.807) is 42.9 Å². The smallest absolute Gasteiger partial charge is 0.223 e. The number of ether oxygens (including phenoxy) is 1. The summed E-state index contributed by atoms with van der Waals surface area (Å²) >= 11 is 0. The largest absolute Gasteiger partial charge is 0.492 e. The SMILES string of the molecule is Fc1ccc(OCCNc2ncc(-c3ncc[nH]3)c(-c3ccc(F)cc3)n2)cc1. The number of H-pyrrole nitrogens is 1. The van der Waals surface area contributed by atoms with Crippen LogP contribution in [0.5, 0.6) is 5.75 Å². The van der Waals surface area contributed by atoms with Crippen LogP contribution in [0.2, 0.25) is 0 Å². The number of hydrogen-bond donors (Lipinski definition) is 2. The van der Waals surface area contributed by atoms with E-state index >= 15 is 0 Å². The Labute approximate surface area is 165 Å². The molecule has 4 rings (SSSR count). The summed E-state index contributed by atoms with van der Waals surface area (Å²) in [5.41, 5.74) is 2.07. The molecule has 6 nitrogen and oxygen atoms in total. The van der Waals surface area contributed by atoms with Crippen LogP contribution in [-0.4, -0.2) is 33.1 Å². The maximum atomic E-state index is 13.3. The van der Waals surface area contributed by atoms with Crippen LogP contribution in [0.15, 0.2) is 67.1 Å². The zero-order valence-electron chi connectivity index (χ0n) is 15.3. The second-order valence-corrected chi connectivity index (χ2v) is 6.13. The fourth-order valence-corrected chi connectivity index (χ4v) is 2.74. The summed E-state index contributed by atoms with van der Waals surface area (Å²) in [4.78, 5) is 16.2. The topological polar surface area (TPSA) is 75.7 Å². The van der Waals surface area contributed by atoms with Crippen molar-refractivity contribution in [3.8, 4) is 28.4 Å². The van der Waals surface area contributed by atoms with Gasteiger partial charge in [-0.2, -0.15) is 0 Å². The summed E-state index contributed by atoms with van der Waals surface area (Å²) in [6.45, 7) is 0.793. The first-order valence-corrected chi connectivity index (χ1v) is 8.94. The van der Waals surface area contributed by atoms with E-state index in [4.69, 9.17) is 4.74 Å². The second-order valence-electron chi connectivity index (χ2n) is 6.13. The number of aromatic nitrogens is 4. The first kappa shape index (κ1) is 18.5. The van der Waals surface area contributed by atoms with Gasteiger partial charge in [0.1, 0.15) is 29.8 Å². The molecule has 2 aromatic carbocycles. The number of nitrogens with one attached hydrogen (secondary N) is 2. The molecule has 0 spiro atoms. The van der Waals surface area contributed by atoms with Gasteiger partial charge < -0.3 is 15.0 Å². The Kier molecular flexibility index (Phi) is 5.42. The van der Waals surface area contributed by atoms with Crippen LogP contribution >= 0.6 is 0 Å². The predicted molar refractivity (Wildman–Crippen MR) is 105 cm³/mol. The van der Waals surface area contributed by atoms with Crippen LogP contribution in [0.25, 0.3) is 22.6 Å². The Morgan fingerprint density at radius 1 is 0.931 bits per heavy atom. The number of rotatable bonds is 7. The molecular weight excluding hydrogens is 376 g/mol. The summed E-state index contributed by atoms with van der Waals surface area (Å²) in [6.07, 6.45) is 5.01. The Balaban J connectivity index is 1.50. The lowest BCUT2D eigenvalue weighted by Crippen LogP contribution is -2.13. The molecule has 0 bridgehead atoms. The van der Waals surface area contributed by atoms with Crippen LogP contribution < -0.4 is 10.1 Å². The van der Waals surface area contributed by atoms with Gasteiger partial charge in [0.2, 0.25) is 5.95 Å². The van der Waals surface area contributed by atoms with Crippen LogP contribution in [0, 0.1) is 11.6 Å². The highest BCUT2D eigenvalue weighted by molar-refractivity contribution is 5.77. The molecule has 0 atom stereocenters. The van der Waals surface area contributed by atoms with E-state index < -0.39 is 0 Å². The molecule has 2 aromatic heterocycles. The number of halogens is 2. The fraction of sp³-hybridized carbons (Fsp3) is 0.0952. The fourth-order valence-electron chi connectivity index (χ4n) is 2.74. The van der Waals surface area contributed by atoms with Crippen molar-refractivity contribution < 1.29 is 13.5 Å². The lowest BCUT2D eigenvalue weighted by atomic mass is 10.1. The summed E-state index contributed by atoms with van der Waals surface area (Å²) in [6, 6.07) is 11.9. The van der Waals surface area contributed by atoms with E-state index in [2.05, 4.69) is 25.3 Å². The van der Waals surface area contributed by atoms with E-state index in [1.807, 2.05) is 0 Å². The molecule has 8 heteroatoms. The first-order valence-electron chi connectivity index (χ1n) is 8.94. The lowest BCUT2D eigenvalue weighted by Gasteiger charge is -2.11. The molecule has 29 heavy (non-hydrogen) atoms. The van der Waals surface area contributed by atoms with E-state index in [1.165, 1.54) is 24.3 Å². The number of imidazole rings is 1.